The van der Waals surface area contributed by atoms with Crippen molar-refractivity contribution in [3.05, 3.63) is 64.3 Å². The SMILES string of the molecule is O=C(COC(=O)c1c[nH]c2ccccc12)Nc1c(Cl)cccc1Cl. The Morgan fingerprint density at radius 3 is 2.50 bits per heavy atom. The van der Waals surface area contributed by atoms with E-state index < -0.39 is 18.5 Å². The van der Waals surface area contributed by atoms with Gasteiger partial charge in [0.1, 0.15) is 0 Å². The van der Waals surface area contributed by atoms with Gasteiger partial charge in [-0.1, -0.05) is 47.5 Å². The number of H-pyrrole nitrogens is 1. The van der Waals surface area contributed by atoms with Crippen LogP contribution in [-0.2, 0) is 9.53 Å². The first-order valence-corrected chi connectivity index (χ1v) is 7.79. The number of fused-ring (bicyclic) bond motifs is 1. The molecule has 0 saturated heterocycles. The van der Waals surface area contributed by atoms with Crippen molar-refractivity contribution in [2.75, 3.05) is 11.9 Å². The molecule has 0 radical (unpaired) electrons. The summed E-state index contributed by atoms with van der Waals surface area (Å²) in [7, 11) is 0. The number of amides is 1. The van der Waals surface area contributed by atoms with Crippen LogP contribution in [0.4, 0.5) is 5.69 Å². The molecular formula is C17H12Cl2N2O3. The van der Waals surface area contributed by atoms with Gasteiger partial charge in [-0.25, -0.2) is 4.79 Å². The van der Waals surface area contributed by atoms with E-state index in [4.69, 9.17) is 27.9 Å². The molecule has 0 unspecified atom stereocenters. The van der Waals surface area contributed by atoms with Gasteiger partial charge in [0.25, 0.3) is 5.91 Å². The lowest BCUT2D eigenvalue weighted by Gasteiger charge is -2.09. The highest BCUT2D eigenvalue weighted by Gasteiger charge is 2.16. The molecule has 0 fully saturated rings. The lowest BCUT2D eigenvalue weighted by atomic mass is 10.2. The van der Waals surface area contributed by atoms with Crippen LogP contribution >= 0.6 is 23.2 Å². The van der Waals surface area contributed by atoms with E-state index in [1.54, 1.807) is 30.5 Å². The molecule has 0 atom stereocenters. The minimum Gasteiger partial charge on any atom is -0.452 e. The minimum absolute atomic E-state index is 0.286. The first-order valence-electron chi connectivity index (χ1n) is 7.03. The molecule has 0 spiro atoms. The maximum absolute atomic E-state index is 12.1. The van der Waals surface area contributed by atoms with Crippen LogP contribution in [0.2, 0.25) is 10.0 Å². The highest BCUT2D eigenvalue weighted by atomic mass is 35.5. The number of ether oxygens (including phenoxy) is 1. The van der Waals surface area contributed by atoms with E-state index in [0.717, 1.165) is 10.9 Å². The predicted molar refractivity (Wildman–Crippen MR) is 93.7 cm³/mol. The number of rotatable bonds is 4. The van der Waals surface area contributed by atoms with Crippen molar-refractivity contribution in [1.29, 1.82) is 0 Å². The number of benzene rings is 2. The Kier molecular flexibility index (Phi) is 4.74. The van der Waals surface area contributed by atoms with E-state index in [1.165, 1.54) is 0 Å². The van der Waals surface area contributed by atoms with Gasteiger partial charge < -0.3 is 15.0 Å². The fraction of sp³-hybridized carbons (Fsp3) is 0.0588. The van der Waals surface area contributed by atoms with Crippen LogP contribution in [0, 0.1) is 0 Å². The molecule has 1 heterocycles. The molecule has 3 aromatic rings. The molecule has 1 amide bonds. The number of hydrogen-bond acceptors (Lipinski definition) is 3. The number of carbonyl (C=O) groups excluding carboxylic acids is 2. The van der Waals surface area contributed by atoms with Crippen LogP contribution in [0.1, 0.15) is 10.4 Å². The Labute approximate surface area is 147 Å². The van der Waals surface area contributed by atoms with E-state index in [1.807, 2.05) is 18.2 Å². The third-order valence-corrected chi connectivity index (χ3v) is 4.00. The van der Waals surface area contributed by atoms with Crippen molar-refractivity contribution in [2.24, 2.45) is 0 Å². The zero-order chi connectivity index (χ0) is 17.1. The Morgan fingerprint density at radius 2 is 1.75 bits per heavy atom. The maximum atomic E-state index is 12.1. The molecular weight excluding hydrogens is 351 g/mol. The van der Waals surface area contributed by atoms with E-state index >= 15 is 0 Å². The Morgan fingerprint density at radius 1 is 1.04 bits per heavy atom. The zero-order valence-electron chi connectivity index (χ0n) is 12.3. The highest BCUT2D eigenvalue weighted by molar-refractivity contribution is 6.39. The molecule has 0 aliphatic carbocycles. The summed E-state index contributed by atoms with van der Waals surface area (Å²) in [6.07, 6.45) is 1.55. The van der Waals surface area contributed by atoms with Gasteiger partial charge in [-0.15, -0.1) is 0 Å². The lowest BCUT2D eigenvalue weighted by Crippen LogP contribution is -2.21. The van der Waals surface area contributed by atoms with Crippen molar-refractivity contribution < 1.29 is 14.3 Å². The predicted octanol–water partition coefficient (Wildman–Crippen LogP) is 4.27. The van der Waals surface area contributed by atoms with Crippen molar-refractivity contribution in [3.63, 3.8) is 0 Å². The molecule has 0 aliphatic rings. The number of halogens is 2. The minimum atomic E-state index is -0.590. The molecule has 2 N–H and O–H groups in total. The van der Waals surface area contributed by atoms with Gasteiger partial charge >= 0.3 is 5.97 Å². The maximum Gasteiger partial charge on any atom is 0.340 e. The Bertz CT molecular complexity index is 901. The van der Waals surface area contributed by atoms with Gasteiger partial charge in [0.05, 0.1) is 21.3 Å². The Hall–Kier alpha value is -2.50. The van der Waals surface area contributed by atoms with E-state index in [-0.39, 0.29) is 5.69 Å². The number of aromatic nitrogens is 1. The van der Waals surface area contributed by atoms with Gasteiger partial charge in [0.15, 0.2) is 6.61 Å². The molecule has 122 valence electrons. The number of esters is 1. The van der Waals surface area contributed by atoms with Gasteiger partial charge in [-0.05, 0) is 18.2 Å². The van der Waals surface area contributed by atoms with Crippen LogP contribution in [0.25, 0.3) is 10.9 Å². The number of para-hydroxylation sites is 2. The second-order valence-electron chi connectivity index (χ2n) is 4.97. The third-order valence-electron chi connectivity index (χ3n) is 3.37. The summed E-state index contributed by atoms with van der Waals surface area (Å²) in [5, 5.41) is 3.87. The van der Waals surface area contributed by atoms with Crippen molar-refractivity contribution in [2.45, 2.75) is 0 Å². The van der Waals surface area contributed by atoms with Crippen LogP contribution in [-0.4, -0.2) is 23.5 Å². The van der Waals surface area contributed by atoms with E-state index in [9.17, 15) is 9.59 Å². The summed E-state index contributed by atoms with van der Waals surface area (Å²) in [6.45, 7) is -0.445. The molecule has 0 aliphatic heterocycles. The molecule has 24 heavy (non-hydrogen) atoms. The number of anilines is 1. The normalized spacial score (nSPS) is 10.6. The van der Waals surface area contributed by atoms with Crippen molar-refractivity contribution in [3.8, 4) is 0 Å². The monoisotopic (exact) mass is 362 g/mol. The van der Waals surface area contributed by atoms with Crippen LogP contribution in [0.5, 0.6) is 0 Å². The molecule has 3 rings (SSSR count). The first kappa shape index (κ1) is 16.4. The molecule has 2 aromatic carbocycles. The summed E-state index contributed by atoms with van der Waals surface area (Å²) in [5.74, 6) is -1.12. The summed E-state index contributed by atoms with van der Waals surface area (Å²) >= 11 is 11.9. The van der Waals surface area contributed by atoms with Gasteiger partial charge in [0.2, 0.25) is 0 Å². The summed E-state index contributed by atoms with van der Waals surface area (Å²) in [4.78, 5) is 27.1. The van der Waals surface area contributed by atoms with Gasteiger partial charge in [-0.2, -0.15) is 0 Å². The molecule has 0 saturated carbocycles. The summed E-state index contributed by atoms with van der Waals surface area (Å²) < 4.78 is 5.05. The fourth-order valence-corrected chi connectivity index (χ4v) is 2.73. The largest absolute Gasteiger partial charge is 0.452 e. The number of nitrogens with one attached hydrogen (secondary N) is 2. The van der Waals surface area contributed by atoms with Gasteiger partial charge in [0, 0.05) is 17.1 Å². The molecule has 7 heteroatoms. The number of carbonyl (C=O) groups is 2. The zero-order valence-corrected chi connectivity index (χ0v) is 13.8. The molecule has 5 nitrogen and oxygen atoms in total. The topological polar surface area (TPSA) is 71.2 Å². The number of hydrogen-bond donors (Lipinski definition) is 2. The smallest absolute Gasteiger partial charge is 0.340 e. The van der Waals surface area contributed by atoms with Crippen LogP contribution < -0.4 is 5.32 Å². The van der Waals surface area contributed by atoms with Crippen molar-refractivity contribution in [1.82, 2.24) is 4.98 Å². The molecule has 1 aromatic heterocycles. The first-order chi connectivity index (χ1) is 11.6. The highest BCUT2D eigenvalue weighted by Crippen LogP contribution is 2.29. The lowest BCUT2D eigenvalue weighted by molar-refractivity contribution is -0.119. The molecule has 0 bridgehead atoms. The van der Waals surface area contributed by atoms with E-state index in [2.05, 4.69) is 10.3 Å². The average molecular weight is 363 g/mol. The second-order valence-corrected chi connectivity index (χ2v) is 5.78. The number of aromatic amines is 1. The van der Waals surface area contributed by atoms with Crippen LogP contribution in [0.3, 0.4) is 0 Å². The fourth-order valence-electron chi connectivity index (χ4n) is 2.24. The standard InChI is InChI=1S/C17H12Cl2N2O3/c18-12-5-3-6-13(19)16(12)21-15(22)9-24-17(23)11-8-20-14-7-2-1-4-10(11)14/h1-8,20H,9H2,(H,21,22). The Balaban J connectivity index is 1.65. The van der Waals surface area contributed by atoms with Crippen LogP contribution in [0.15, 0.2) is 48.7 Å². The average Bonchev–Trinajstić information content (AvgIpc) is 3.00. The summed E-state index contributed by atoms with van der Waals surface area (Å²) in [6, 6.07) is 12.2. The summed E-state index contributed by atoms with van der Waals surface area (Å²) in [5.41, 5.74) is 1.47. The third kappa shape index (κ3) is 3.37. The van der Waals surface area contributed by atoms with Gasteiger partial charge in [-0.3, -0.25) is 4.79 Å². The quantitative estimate of drug-likeness (QED) is 0.680. The van der Waals surface area contributed by atoms with Crippen molar-refractivity contribution >= 4 is 51.7 Å². The second kappa shape index (κ2) is 6.95. The van der Waals surface area contributed by atoms with E-state index in [0.29, 0.717) is 15.6 Å².